The first-order valence-electron chi connectivity index (χ1n) is 4.48. The number of thiol groups is 1. The molecule has 0 saturated heterocycles. The van der Waals surface area contributed by atoms with Crippen molar-refractivity contribution in [2.24, 2.45) is 5.90 Å². The highest BCUT2D eigenvalue weighted by atomic mass is 32.1. The van der Waals surface area contributed by atoms with Gasteiger partial charge < -0.3 is 4.84 Å². The van der Waals surface area contributed by atoms with Crippen LogP contribution in [0.4, 0.5) is 0 Å². The van der Waals surface area contributed by atoms with E-state index >= 15 is 0 Å². The summed E-state index contributed by atoms with van der Waals surface area (Å²) in [6, 6.07) is 19.0. The molecule has 2 aromatic carbocycles. The van der Waals surface area contributed by atoms with Crippen molar-refractivity contribution in [1.82, 2.24) is 0 Å². The summed E-state index contributed by atoms with van der Waals surface area (Å²) >= 11 is 4.08. The average Bonchev–Trinajstić information content (AvgIpc) is 2.32. The third-order valence-corrected chi connectivity index (χ3v) is 1.93. The first kappa shape index (κ1) is 11.6. The summed E-state index contributed by atoms with van der Waals surface area (Å²) in [7, 11) is 0. The number of hydrogen-bond donors (Lipinski definition) is 2. The molecule has 2 rings (SSSR count). The molecule has 78 valence electrons. The molecular weight excluding hydrogens is 206 g/mol. The topological polar surface area (TPSA) is 35.2 Å². The zero-order valence-electron chi connectivity index (χ0n) is 8.21. The zero-order valence-corrected chi connectivity index (χ0v) is 9.10. The second-order valence-corrected chi connectivity index (χ2v) is 3.28. The lowest BCUT2D eigenvalue weighted by atomic mass is 10.3. The number of hydrogen-bond acceptors (Lipinski definition) is 3. The van der Waals surface area contributed by atoms with E-state index < -0.39 is 0 Å². The van der Waals surface area contributed by atoms with Gasteiger partial charge in [-0.3, -0.25) is 0 Å². The molecule has 0 aliphatic heterocycles. The lowest BCUT2D eigenvalue weighted by Crippen LogP contribution is -2.00. The zero-order chi connectivity index (χ0) is 10.9. The molecule has 15 heavy (non-hydrogen) atoms. The van der Waals surface area contributed by atoms with Crippen LogP contribution in [0.25, 0.3) is 0 Å². The average molecular weight is 219 g/mol. The maximum Gasteiger partial charge on any atom is 0.146 e. The third-order valence-electron chi connectivity index (χ3n) is 1.64. The molecular formula is C12H13NOS. The van der Waals surface area contributed by atoms with Crippen LogP contribution < -0.4 is 10.7 Å². The summed E-state index contributed by atoms with van der Waals surface area (Å²) in [6.07, 6.45) is 0. The van der Waals surface area contributed by atoms with E-state index in [9.17, 15) is 0 Å². The quantitative estimate of drug-likeness (QED) is 0.571. The standard InChI is InChI=1S/C6H7NO.C6H6S/c7-8-6-4-2-1-3-5-6;7-6-4-2-1-3-5-6/h1-5H,7H2;1-5,7H. The Hall–Kier alpha value is -1.45. The van der Waals surface area contributed by atoms with E-state index in [2.05, 4.69) is 17.5 Å². The maximum atomic E-state index is 4.85. The highest BCUT2D eigenvalue weighted by Crippen LogP contribution is 2.04. The molecule has 0 bridgehead atoms. The first-order valence-corrected chi connectivity index (χ1v) is 4.93. The fourth-order valence-corrected chi connectivity index (χ4v) is 1.10. The van der Waals surface area contributed by atoms with Crippen molar-refractivity contribution in [3.05, 3.63) is 60.7 Å². The van der Waals surface area contributed by atoms with Gasteiger partial charge in [0.15, 0.2) is 0 Å². The summed E-state index contributed by atoms with van der Waals surface area (Å²) in [4.78, 5) is 5.43. The van der Waals surface area contributed by atoms with E-state index in [-0.39, 0.29) is 0 Å². The summed E-state index contributed by atoms with van der Waals surface area (Å²) in [5, 5.41) is 0. The van der Waals surface area contributed by atoms with Crippen LogP contribution in [0.3, 0.4) is 0 Å². The molecule has 0 heterocycles. The Labute approximate surface area is 95.1 Å². The number of benzene rings is 2. The highest BCUT2D eigenvalue weighted by molar-refractivity contribution is 7.80. The molecule has 0 amide bonds. The molecule has 0 atom stereocenters. The monoisotopic (exact) mass is 219 g/mol. The minimum Gasteiger partial charge on any atom is -0.412 e. The fourth-order valence-electron chi connectivity index (χ4n) is 0.927. The van der Waals surface area contributed by atoms with Crippen molar-refractivity contribution in [2.45, 2.75) is 4.90 Å². The lowest BCUT2D eigenvalue weighted by molar-refractivity contribution is 0.334. The lowest BCUT2D eigenvalue weighted by Gasteiger charge is -1.92. The van der Waals surface area contributed by atoms with Crippen molar-refractivity contribution in [1.29, 1.82) is 0 Å². The maximum absolute atomic E-state index is 4.85. The Balaban J connectivity index is 0.000000151. The van der Waals surface area contributed by atoms with E-state index in [0.29, 0.717) is 5.75 Å². The van der Waals surface area contributed by atoms with Gasteiger partial charge in [0, 0.05) is 4.90 Å². The van der Waals surface area contributed by atoms with Gasteiger partial charge in [0.25, 0.3) is 0 Å². The van der Waals surface area contributed by atoms with Crippen molar-refractivity contribution >= 4 is 12.6 Å². The molecule has 0 aromatic heterocycles. The van der Waals surface area contributed by atoms with Gasteiger partial charge in [0.1, 0.15) is 5.75 Å². The highest BCUT2D eigenvalue weighted by Gasteiger charge is 1.81. The summed E-state index contributed by atoms with van der Waals surface area (Å²) in [6.45, 7) is 0. The molecule has 2 N–H and O–H groups in total. The predicted molar refractivity (Wildman–Crippen MR) is 65.0 cm³/mol. The molecule has 0 fully saturated rings. The van der Waals surface area contributed by atoms with E-state index in [0.717, 1.165) is 4.90 Å². The predicted octanol–water partition coefficient (Wildman–Crippen LogP) is 2.91. The largest absolute Gasteiger partial charge is 0.412 e. The van der Waals surface area contributed by atoms with E-state index in [4.69, 9.17) is 5.90 Å². The smallest absolute Gasteiger partial charge is 0.146 e. The second kappa shape index (κ2) is 6.92. The van der Waals surface area contributed by atoms with Crippen molar-refractivity contribution in [3.8, 4) is 5.75 Å². The van der Waals surface area contributed by atoms with Gasteiger partial charge in [-0.15, -0.1) is 12.6 Å². The SMILES string of the molecule is NOc1ccccc1.Sc1ccccc1. The van der Waals surface area contributed by atoms with Crippen LogP contribution in [-0.2, 0) is 0 Å². The van der Waals surface area contributed by atoms with Gasteiger partial charge in [0.2, 0.25) is 0 Å². The van der Waals surface area contributed by atoms with Crippen LogP contribution in [0, 0.1) is 0 Å². The van der Waals surface area contributed by atoms with E-state index in [1.54, 1.807) is 12.1 Å². The van der Waals surface area contributed by atoms with Gasteiger partial charge in [-0.25, -0.2) is 0 Å². The Bertz CT molecular complexity index is 364. The van der Waals surface area contributed by atoms with Crippen molar-refractivity contribution in [2.75, 3.05) is 0 Å². The Kier molecular flexibility index (Phi) is 5.37. The minimum atomic E-state index is 0.688. The number of para-hydroxylation sites is 1. The molecule has 3 heteroatoms. The molecule has 0 saturated carbocycles. The third kappa shape index (κ3) is 5.10. The van der Waals surface area contributed by atoms with E-state index in [1.165, 1.54) is 0 Å². The van der Waals surface area contributed by atoms with Crippen LogP contribution in [0.2, 0.25) is 0 Å². The molecule has 2 aromatic rings. The molecule has 0 radical (unpaired) electrons. The Morgan fingerprint density at radius 3 is 1.53 bits per heavy atom. The van der Waals surface area contributed by atoms with Crippen LogP contribution in [0.5, 0.6) is 5.75 Å². The Morgan fingerprint density at radius 2 is 1.27 bits per heavy atom. The molecule has 0 unspecified atom stereocenters. The first-order chi connectivity index (χ1) is 7.33. The van der Waals surface area contributed by atoms with Crippen molar-refractivity contribution < 1.29 is 4.84 Å². The molecule has 0 spiro atoms. The Morgan fingerprint density at radius 1 is 0.800 bits per heavy atom. The van der Waals surface area contributed by atoms with Crippen LogP contribution in [-0.4, -0.2) is 0 Å². The van der Waals surface area contributed by atoms with Gasteiger partial charge in [0.05, 0.1) is 0 Å². The van der Waals surface area contributed by atoms with Crippen LogP contribution in [0.15, 0.2) is 65.6 Å². The normalized spacial score (nSPS) is 8.67. The summed E-state index contributed by atoms with van der Waals surface area (Å²) < 4.78 is 0. The number of nitrogens with two attached hydrogens (primary N) is 1. The summed E-state index contributed by atoms with van der Waals surface area (Å²) in [5.41, 5.74) is 0. The van der Waals surface area contributed by atoms with Gasteiger partial charge in [-0.05, 0) is 24.3 Å². The molecule has 0 aliphatic rings. The van der Waals surface area contributed by atoms with Gasteiger partial charge in [-0.2, -0.15) is 5.90 Å². The second-order valence-electron chi connectivity index (χ2n) is 2.77. The van der Waals surface area contributed by atoms with Crippen molar-refractivity contribution in [3.63, 3.8) is 0 Å². The van der Waals surface area contributed by atoms with E-state index in [1.807, 2.05) is 48.5 Å². The fraction of sp³-hybridized carbons (Fsp3) is 0. The van der Waals surface area contributed by atoms with Gasteiger partial charge in [-0.1, -0.05) is 36.4 Å². The van der Waals surface area contributed by atoms with Crippen LogP contribution >= 0.6 is 12.6 Å². The number of rotatable bonds is 1. The van der Waals surface area contributed by atoms with Gasteiger partial charge >= 0.3 is 0 Å². The van der Waals surface area contributed by atoms with Crippen LogP contribution in [0.1, 0.15) is 0 Å². The summed E-state index contributed by atoms with van der Waals surface area (Å²) in [5.74, 6) is 5.54. The molecule has 2 nitrogen and oxygen atoms in total. The molecule has 0 aliphatic carbocycles. The minimum absolute atomic E-state index is 0.688.